The Kier molecular flexibility index (Phi) is 2.98. The lowest BCUT2D eigenvalue weighted by atomic mass is 9.85. The fourth-order valence-corrected chi connectivity index (χ4v) is 3.13. The van der Waals surface area contributed by atoms with E-state index in [4.69, 9.17) is 0 Å². The van der Waals surface area contributed by atoms with Crippen LogP contribution in [-0.4, -0.2) is 29.5 Å². The first-order chi connectivity index (χ1) is 8.57. The second kappa shape index (κ2) is 4.38. The molecule has 0 aliphatic carbocycles. The van der Waals surface area contributed by atoms with Crippen LogP contribution in [-0.2, 0) is 0 Å². The number of pyridine rings is 1. The molecule has 2 aliphatic rings. The van der Waals surface area contributed by atoms with Gasteiger partial charge in [0.25, 0.3) is 0 Å². The molecule has 2 atom stereocenters. The van der Waals surface area contributed by atoms with E-state index in [-0.39, 0.29) is 5.92 Å². The molecule has 0 spiro atoms. The van der Waals surface area contributed by atoms with E-state index in [9.17, 15) is 4.39 Å². The Labute approximate surface area is 114 Å². The van der Waals surface area contributed by atoms with Crippen LogP contribution in [0.3, 0.4) is 0 Å². The molecule has 96 valence electrons. The highest BCUT2D eigenvalue weighted by Crippen LogP contribution is 2.41. The molecule has 3 rings (SSSR count). The summed E-state index contributed by atoms with van der Waals surface area (Å²) in [5.41, 5.74) is 0.913. The van der Waals surface area contributed by atoms with Crippen molar-refractivity contribution < 1.29 is 4.39 Å². The molecule has 3 heterocycles. The quantitative estimate of drug-likeness (QED) is 0.911. The molecule has 1 N–H and O–H groups in total. The van der Waals surface area contributed by atoms with Gasteiger partial charge in [-0.05, 0) is 48.3 Å². The van der Waals surface area contributed by atoms with E-state index in [1.807, 2.05) is 13.0 Å². The molecular formula is C13H15BrFN3. The van der Waals surface area contributed by atoms with E-state index in [0.29, 0.717) is 19.4 Å². The van der Waals surface area contributed by atoms with Crippen LogP contribution in [0.1, 0.15) is 31.2 Å². The van der Waals surface area contributed by atoms with Crippen molar-refractivity contribution in [1.29, 1.82) is 0 Å². The zero-order valence-electron chi connectivity index (χ0n) is 10.2. The normalized spacial score (nSPS) is 30.4. The van der Waals surface area contributed by atoms with Crippen molar-refractivity contribution in [3.63, 3.8) is 0 Å². The van der Waals surface area contributed by atoms with Gasteiger partial charge in [0.1, 0.15) is 5.67 Å². The molecule has 1 saturated heterocycles. The van der Waals surface area contributed by atoms with Crippen LogP contribution in [0.2, 0.25) is 0 Å². The molecule has 1 aromatic heterocycles. The molecule has 5 heteroatoms. The van der Waals surface area contributed by atoms with E-state index < -0.39 is 5.67 Å². The third-order valence-electron chi connectivity index (χ3n) is 3.79. The monoisotopic (exact) mass is 311 g/mol. The predicted octanol–water partition coefficient (Wildman–Crippen LogP) is 3.13. The van der Waals surface area contributed by atoms with Gasteiger partial charge in [-0.15, -0.1) is 0 Å². The topological polar surface area (TPSA) is 37.3 Å². The number of halogens is 2. The van der Waals surface area contributed by atoms with Crippen molar-refractivity contribution in [3.05, 3.63) is 22.3 Å². The molecule has 0 amide bonds. The van der Waals surface area contributed by atoms with E-state index >= 15 is 0 Å². The molecule has 0 saturated carbocycles. The third-order valence-corrected chi connectivity index (χ3v) is 4.22. The van der Waals surface area contributed by atoms with Crippen LogP contribution in [0, 0.1) is 0 Å². The maximum atomic E-state index is 14.6. The van der Waals surface area contributed by atoms with Gasteiger partial charge in [-0.1, -0.05) is 0 Å². The van der Waals surface area contributed by atoms with E-state index in [2.05, 4.69) is 31.2 Å². The van der Waals surface area contributed by atoms with Crippen LogP contribution in [0.4, 0.5) is 10.2 Å². The molecule has 2 unspecified atom stereocenters. The highest BCUT2D eigenvalue weighted by Gasteiger charge is 2.39. The summed E-state index contributed by atoms with van der Waals surface area (Å²) in [4.78, 5) is 8.73. The first-order valence-electron chi connectivity index (χ1n) is 6.18. The van der Waals surface area contributed by atoms with Gasteiger partial charge in [0.05, 0.1) is 0 Å². The molecule has 1 fully saturated rings. The van der Waals surface area contributed by atoms with E-state index in [1.165, 1.54) is 0 Å². The SMILES string of the molecule is CC1=Nc2ncc(Br)cc2C1CC1(F)CCNC1. The number of hydrogen-bond acceptors (Lipinski definition) is 3. The van der Waals surface area contributed by atoms with Gasteiger partial charge in [-0.3, -0.25) is 0 Å². The molecule has 0 radical (unpaired) electrons. The van der Waals surface area contributed by atoms with Crippen LogP contribution in [0.5, 0.6) is 0 Å². The lowest BCUT2D eigenvalue weighted by Crippen LogP contribution is -2.29. The minimum Gasteiger partial charge on any atom is -0.313 e. The fourth-order valence-electron chi connectivity index (χ4n) is 2.78. The fraction of sp³-hybridized carbons (Fsp3) is 0.538. The standard InChI is InChI=1S/C13H15BrFN3/c1-8-11(5-13(15)2-3-16-7-13)10-4-9(14)6-17-12(10)18-8/h4,6,11,16H,2-3,5,7H2,1H3. The van der Waals surface area contributed by atoms with Gasteiger partial charge in [-0.2, -0.15) is 0 Å². The summed E-state index contributed by atoms with van der Waals surface area (Å²) in [7, 11) is 0. The minimum absolute atomic E-state index is 0.0647. The average Bonchev–Trinajstić information content (AvgIpc) is 2.86. The van der Waals surface area contributed by atoms with Crippen molar-refractivity contribution in [1.82, 2.24) is 10.3 Å². The second-order valence-electron chi connectivity index (χ2n) is 5.15. The summed E-state index contributed by atoms with van der Waals surface area (Å²) in [6, 6.07) is 2.01. The second-order valence-corrected chi connectivity index (χ2v) is 6.07. The number of fused-ring (bicyclic) bond motifs is 1. The van der Waals surface area contributed by atoms with Crippen molar-refractivity contribution in [2.24, 2.45) is 4.99 Å². The number of alkyl halides is 1. The van der Waals surface area contributed by atoms with Crippen LogP contribution < -0.4 is 5.32 Å². The molecular weight excluding hydrogens is 297 g/mol. The largest absolute Gasteiger partial charge is 0.313 e. The Balaban J connectivity index is 1.90. The van der Waals surface area contributed by atoms with Gasteiger partial charge in [-0.25, -0.2) is 14.4 Å². The summed E-state index contributed by atoms with van der Waals surface area (Å²) >= 11 is 3.42. The highest BCUT2D eigenvalue weighted by atomic mass is 79.9. The number of hydrogen-bond donors (Lipinski definition) is 1. The third kappa shape index (κ3) is 2.10. The maximum Gasteiger partial charge on any atom is 0.155 e. The summed E-state index contributed by atoms with van der Waals surface area (Å²) < 4.78 is 15.5. The van der Waals surface area contributed by atoms with Gasteiger partial charge in [0, 0.05) is 34.4 Å². The Hall–Kier alpha value is -0.810. The molecule has 0 bridgehead atoms. The van der Waals surface area contributed by atoms with Gasteiger partial charge >= 0.3 is 0 Å². The average molecular weight is 312 g/mol. The van der Waals surface area contributed by atoms with E-state index in [0.717, 1.165) is 28.1 Å². The lowest BCUT2D eigenvalue weighted by Gasteiger charge is -2.23. The number of nitrogens with one attached hydrogen (secondary N) is 1. The van der Waals surface area contributed by atoms with Crippen molar-refractivity contribution in [3.8, 4) is 0 Å². The number of aliphatic imine (C=N–C) groups is 1. The Morgan fingerprint density at radius 3 is 3.17 bits per heavy atom. The van der Waals surface area contributed by atoms with Crippen molar-refractivity contribution in [2.45, 2.75) is 31.4 Å². The molecule has 1 aromatic rings. The summed E-state index contributed by atoms with van der Waals surface area (Å²) in [6.07, 6.45) is 2.83. The highest BCUT2D eigenvalue weighted by molar-refractivity contribution is 9.10. The zero-order chi connectivity index (χ0) is 12.8. The number of aromatic nitrogens is 1. The summed E-state index contributed by atoms with van der Waals surface area (Å²) in [5, 5.41) is 3.10. The van der Waals surface area contributed by atoms with Crippen molar-refractivity contribution >= 4 is 27.5 Å². The summed E-state index contributed by atoms with van der Waals surface area (Å²) in [5.74, 6) is 0.810. The molecule has 0 aromatic carbocycles. The molecule has 2 aliphatic heterocycles. The first-order valence-corrected chi connectivity index (χ1v) is 6.97. The maximum absolute atomic E-state index is 14.6. The Morgan fingerprint density at radius 1 is 1.61 bits per heavy atom. The van der Waals surface area contributed by atoms with Gasteiger partial charge < -0.3 is 5.32 Å². The Morgan fingerprint density at radius 2 is 2.44 bits per heavy atom. The zero-order valence-corrected chi connectivity index (χ0v) is 11.8. The van der Waals surface area contributed by atoms with Crippen molar-refractivity contribution in [2.75, 3.05) is 13.1 Å². The van der Waals surface area contributed by atoms with Gasteiger partial charge in [0.15, 0.2) is 5.82 Å². The minimum atomic E-state index is -1.11. The molecule has 3 nitrogen and oxygen atoms in total. The van der Waals surface area contributed by atoms with E-state index in [1.54, 1.807) is 6.20 Å². The van der Waals surface area contributed by atoms with Crippen LogP contribution in [0.25, 0.3) is 0 Å². The van der Waals surface area contributed by atoms with Crippen LogP contribution in [0.15, 0.2) is 21.7 Å². The number of rotatable bonds is 2. The Bertz CT molecular complexity index is 509. The lowest BCUT2D eigenvalue weighted by molar-refractivity contribution is 0.173. The molecule has 18 heavy (non-hydrogen) atoms. The smallest absolute Gasteiger partial charge is 0.155 e. The van der Waals surface area contributed by atoms with Gasteiger partial charge in [0.2, 0.25) is 0 Å². The summed E-state index contributed by atoms with van der Waals surface area (Å²) in [6.45, 7) is 3.18. The first kappa shape index (κ1) is 12.2. The number of nitrogens with zero attached hydrogens (tertiary/aromatic N) is 2. The predicted molar refractivity (Wildman–Crippen MR) is 73.4 cm³/mol. The van der Waals surface area contributed by atoms with Crippen LogP contribution >= 0.6 is 15.9 Å².